The van der Waals surface area contributed by atoms with E-state index in [1.54, 1.807) is 31.2 Å². The number of carbonyl (C=O) groups is 1. The molecule has 7 heteroatoms. The molecule has 0 aliphatic heterocycles. The number of nitrogens with zero attached hydrogens (tertiary/aromatic N) is 2. The summed E-state index contributed by atoms with van der Waals surface area (Å²) in [6.07, 6.45) is 5.30. The number of amides is 1. The minimum Gasteiger partial charge on any atom is -0.273 e. The number of rotatable bonds is 4. The molecule has 1 aromatic heterocycles. The number of carbonyl (C=O) groups excluding carboxylic acids is 1. The molecule has 2 rings (SSSR count). The molecular weight excluding hydrogens is 290 g/mol. The van der Waals surface area contributed by atoms with Crippen LogP contribution in [-0.4, -0.2) is 30.5 Å². The van der Waals surface area contributed by atoms with Gasteiger partial charge < -0.3 is 0 Å². The zero-order chi connectivity index (χ0) is 15.5. The highest BCUT2D eigenvalue weighted by molar-refractivity contribution is 7.89. The van der Waals surface area contributed by atoms with E-state index in [1.165, 1.54) is 18.7 Å². The molecule has 1 atom stereocenters. The van der Waals surface area contributed by atoms with Gasteiger partial charge in [-0.05, 0) is 12.5 Å². The Morgan fingerprint density at radius 1 is 1.10 bits per heavy atom. The molecular formula is C14H15N3O3S. The summed E-state index contributed by atoms with van der Waals surface area (Å²) in [6, 6.07) is 8.90. The Kier molecular flexibility index (Phi) is 4.04. The van der Waals surface area contributed by atoms with Gasteiger partial charge in [0.1, 0.15) is 11.7 Å². The molecule has 0 aliphatic carbocycles. The van der Waals surface area contributed by atoms with Crippen LogP contribution in [0, 0.1) is 0 Å². The number of hydrogen-bond acceptors (Lipinski definition) is 5. The van der Waals surface area contributed by atoms with Gasteiger partial charge in [-0.25, -0.2) is 18.4 Å². The van der Waals surface area contributed by atoms with Crippen molar-refractivity contribution in [1.29, 1.82) is 0 Å². The minimum absolute atomic E-state index is 0.511. The second kappa shape index (κ2) is 5.61. The van der Waals surface area contributed by atoms with Crippen LogP contribution in [0.5, 0.6) is 0 Å². The maximum Gasteiger partial charge on any atom is 0.248 e. The lowest BCUT2D eigenvalue weighted by Crippen LogP contribution is -2.45. The second-order valence-electron chi connectivity index (χ2n) is 4.82. The van der Waals surface area contributed by atoms with E-state index in [0.29, 0.717) is 11.1 Å². The standard InChI is InChI=1S/C14H15N3O3S/c1-14(11-6-4-3-5-7-11,12-8-15-10-16-9-12)13(18)17-21(2,19)20/h3-10H,1-2H3,(H,17,18). The summed E-state index contributed by atoms with van der Waals surface area (Å²) in [5, 5.41) is 0. The molecule has 1 N–H and O–H groups in total. The van der Waals surface area contributed by atoms with E-state index < -0.39 is 21.3 Å². The number of sulfonamides is 1. The molecule has 1 heterocycles. The van der Waals surface area contributed by atoms with E-state index >= 15 is 0 Å². The van der Waals surface area contributed by atoms with Crippen LogP contribution >= 0.6 is 0 Å². The monoisotopic (exact) mass is 305 g/mol. The first-order valence-corrected chi connectivity index (χ1v) is 8.06. The Balaban J connectivity index is 2.58. The number of benzene rings is 1. The Hall–Kier alpha value is -2.28. The molecule has 21 heavy (non-hydrogen) atoms. The smallest absolute Gasteiger partial charge is 0.248 e. The summed E-state index contributed by atoms with van der Waals surface area (Å²) in [7, 11) is -3.66. The highest BCUT2D eigenvalue weighted by atomic mass is 32.2. The molecule has 1 aromatic carbocycles. The lowest BCUT2D eigenvalue weighted by Gasteiger charge is -2.28. The van der Waals surface area contributed by atoms with Crippen LogP contribution in [0.4, 0.5) is 0 Å². The third-order valence-corrected chi connectivity index (χ3v) is 3.78. The van der Waals surface area contributed by atoms with Gasteiger partial charge in [-0.15, -0.1) is 0 Å². The Morgan fingerprint density at radius 2 is 1.67 bits per heavy atom. The van der Waals surface area contributed by atoms with E-state index in [2.05, 4.69) is 9.97 Å². The van der Waals surface area contributed by atoms with Crippen molar-refractivity contribution >= 4 is 15.9 Å². The van der Waals surface area contributed by atoms with Crippen molar-refractivity contribution in [2.75, 3.05) is 6.26 Å². The van der Waals surface area contributed by atoms with Crippen molar-refractivity contribution in [3.05, 3.63) is 60.2 Å². The molecule has 0 saturated carbocycles. The SMILES string of the molecule is CC(C(=O)NS(C)(=O)=O)(c1ccccc1)c1cncnc1. The predicted molar refractivity (Wildman–Crippen MR) is 77.9 cm³/mol. The van der Waals surface area contributed by atoms with Crippen molar-refractivity contribution in [3.8, 4) is 0 Å². The van der Waals surface area contributed by atoms with Gasteiger partial charge in [-0.1, -0.05) is 30.3 Å². The molecule has 0 saturated heterocycles. The zero-order valence-corrected chi connectivity index (χ0v) is 12.5. The van der Waals surface area contributed by atoms with Gasteiger partial charge in [0.2, 0.25) is 15.9 Å². The summed E-state index contributed by atoms with van der Waals surface area (Å²) < 4.78 is 24.8. The van der Waals surface area contributed by atoms with Crippen molar-refractivity contribution in [1.82, 2.24) is 14.7 Å². The van der Waals surface area contributed by atoms with Crippen LogP contribution in [0.1, 0.15) is 18.1 Å². The number of nitrogens with one attached hydrogen (secondary N) is 1. The van der Waals surface area contributed by atoms with Crippen LogP contribution in [0.2, 0.25) is 0 Å². The van der Waals surface area contributed by atoms with E-state index in [0.717, 1.165) is 6.26 Å². The topological polar surface area (TPSA) is 89.0 Å². The van der Waals surface area contributed by atoms with Gasteiger partial charge in [0, 0.05) is 18.0 Å². The molecule has 0 aliphatic rings. The lowest BCUT2D eigenvalue weighted by atomic mass is 9.77. The average molecular weight is 305 g/mol. The average Bonchev–Trinajstić information content (AvgIpc) is 2.46. The Morgan fingerprint density at radius 3 is 2.19 bits per heavy atom. The van der Waals surface area contributed by atoms with Gasteiger partial charge in [0.25, 0.3) is 0 Å². The fourth-order valence-corrected chi connectivity index (χ4v) is 2.57. The molecule has 1 amide bonds. The van der Waals surface area contributed by atoms with Crippen LogP contribution in [0.25, 0.3) is 0 Å². The summed E-state index contributed by atoms with van der Waals surface area (Å²) >= 11 is 0. The van der Waals surface area contributed by atoms with E-state index in [4.69, 9.17) is 0 Å². The first-order chi connectivity index (χ1) is 9.84. The normalized spacial score (nSPS) is 14.2. The quantitative estimate of drug-likeness (QED) is 0.905. The maximum absolute atomic E-state index is 12.5. The zero-order valence-electron chi connectivity index (χ0n) is 11.6. The van der Waals surface area contributed by atoms with Gasteiger partial charge in [0.05, 0.1) is 6.26 Å². The van der Waals surface area contributed by atoms with Crippen LogP contribution in [0.15, 0.2) is 49.1 Å². The maximum atomic E-state index is 12.5. The van der Waals surface area contributed by atoms with Gasteiger partial charge in [-0.2, -0.15) is 0 Å². The molecule has 0 radical (unpaired) electrons. The fourth-order valence-electron chi connectivity index (χ4n) is 2.03. The first kappa shape index (κ1) is 15.1. The predicted octanol–water partition coefficient (Wildman–Crippen LogP) is 0.858. The second-order valence-corrected chi connectivity index (χ2v) is 6.57. The Bertz CT molecular complexity index is 691. The lowest BCUT2D eigenvalue weighted by molar-refractivity contribution is -0.123. The summed E-state index contributed by atoms with van der Waals surface area (Å²) in [6.45, 7) is 1.64. The van der Waals surface area contributed by atoms with Crippen molar-refractivity contribution in [3.63, 3.8) is 0 Å². The summed E-state index contributed by atoms with van der Waals surface area (Å²) in [5.74, 6) is -0.647. The molecule has 6 nitrogen and oxygen atoms in total. The van der Waals surface area contributed by atoms with Crippen molar-refractivity contribution in [2.24, 2.45) is 0 Å². The van der Waals surface area contributed by atoms with Gasteiger partial charge in [0.15, 0.2) is 0 Å². The van der Waals surface area contributed by atoms with E-state index in [9.17, 15) is 13.2 Å². The molecule has 0 spiro atoms. The first-order valence-electron chi connectivity index (χ1n) is 6.17. The van der Waals surface area contributed by atoms with Crippen molar-refractivity contribution < 1.29 is 13.2 Å². The molecule has 1 unspecified atom stereocenters. The molecule has 110 valence electrons. The number of aromatic nitrogens is 2. The van der Waals surface area contributed by atoms with E-state index in [1.807, 2.05) is 10.8 Å². The van der Waals surface area contributed by atoms with E-state index in [-0.39, 0.29) is 0 Å². The van der Waals surface area contributed by atoms with Gasteiger partial charge in [-0.3, -0.25) is 9.52 Å². The largest absolute Gasteiger partial charge is 0.273 e. The summed E-state index contributed by atoms with van der Waals surface area (Å²) in [5.41, 5.74) is -0.0377. The van der Waals surface area contributed by atoms with Crippen LogP contribution < -0.4 is 4.72 Å². The molecule has 0 fully saturated rings. The number of hydrogen-bond donors (Lipinski definition) is 1. The van der Waals surface area contributed by atoms with Crippen molar-refractivity contribution in [2.45, 2.75) is 12.3 Å². The highest BCUT2D eigenvalue weighted by Crippen LogP contribution is 2.31. The van der Waals surface area contributed by atoms with Crippen LogP contribution in [0.3, 0.4) is 0 Å². The third-order valence-electron chi connectivity index (χ3n) is 3.22. The molecule has 0 bridgehead atoms. The molecule has 2 aromatic rings. The third kappa shape index (κ3) is 3.25. The fraction of sp³-hybridized carbons (Fsp3) is 0.214. The summed E-state index contributed by atoms with van der Waals surface area (Å²) in [4.78, 5) is 20.4. The highest BCUT2D eigenvalue weighted by Gasteiger charge is 2.39. The van der Waals surface area contributed by atoms with Gasteiger partial charge >= 0.3 is 0 Å². The minimum atomic E-state index is -3.66. The van der Waals surface area contributed by atoms with Crippen LogP contribution in [-0.2, 0) is 20.2 Å². The Labute approximate surface area is 123 Å².